The molecule has 0 bridgehead atoms. The molecule has 0 aliphatic carbocycles. The van der Waals surface area contributed by atoms with Crippen LogP contribution in [0.1, 0.15) is 21.5 Å². The number of benzene rings is 2. The summed E-state index contributed by atoms with van der Waals surface area (Å²) < 4.78 is 22.7. The fourth-order valence-corrected chi connectivity index (χ4v) is 2.16. The van der Waals surface area contributed by atoms with E-state index in [1.54, 1.807) is 24.3 Å². The Hall–Kier alpha value is -2.73. The molecule has 0 heterocycles. The third-order valence-electron chi connectivity index (χ3n) is 3.53. The molecule has 1 N–H and O–H groups in total. The van der Waals surface area contributed by atoms with Crippen molar-refractivity contribution in [1.29, 1.82) is 0 Å². The van der Waals surface area contributed by atoms with E-state index in [9.17, 15) is 14.0 Å². The molecule has 0 spiro atoms. The highest BCUT2D eigenvalue weighted by atomic mass is 19.1. The van der Waals surface area contributed by atoms with Gasteiger partial charge in [0.1, 0.15) is 12.4 Å². The molecule has 0 unspecified atom stereocenters. The molecule has 0 saturated heterocycles. The Bertz CT molecular complexity index is 698. The lowest BCUT2D eigenvalue weighted by molar-refractivity contribution is -0.126. The van der Waals surface area contributed by atoms with E-state index in [1.807, 2.05) is 12.1 Å². The monoisotopic (exact) mass is 345 g/mol. The number of rotatable bonds is 8. The van der Waals surface area contributed by atoms with Gasteiger partial charge in [-0.2, -0.15) is 0 Å². The normalized spacial score (nSPS) is 10.3. The van der Waals surface area contributed by atoms with E-state index in [0.717, 1.165) is 11.1 Å². The quantitative estimate of drug-likeness (QED) is 0.747. The molecule has 0 radical (unpaired) electrons. The fraction of sp³-hybridized carbons (Fsp3) is 0.263. The van der Waals surface area contributed by atoms with Crippen LogP contribution in [0.2, 0.25) is 0 Å². The SMILES string of the molecule is COC(=O)c1ccc(CCNC(=O)COCc2ccc(F)cc2)cc1. The van der Waals surface area contributed by atoms with Crippen LogP contribution in [0.3, 0.4) is 0 Å². The summed E-state index contributed by atoms with van der Waals surface area (Å²) in [6, 6.07) is 13.0. The van der Waals surface area contributed by atoms with E-state index < -0.39 is 0 Å². The first-order chi connectivity index (χ1) is 12.1. The Kier molecular flexibility index (Phi) is 7.10. The van der Waals surface area contributed by atoms with Crippen LogP contribution in [0.5, 0.6) is 0 Å². The molecule has 6 heteroatoms. The van der Waals surface area contributed by atoms with Crippen molar-refractivity contribution < 1.29 is 23.5 Å². The Morgan fingerprint density at radius 3 is 2.28 bits per heavy atom. The second-order valence-electron chi connectivity index (χ2n) is 5.41. The first-order valence-electron chi connectivity index (χ1n) is 7.84. The minimum Gasteiger partial charge on any atom is -0.465 e. The molecule has 2 rings (SSSR count). The first-order valence-corrected chi connectivity index (χ1v) is 7.84. The third-order valence-corrected chi connectivity index (χ3v) is 3.53. The minimum atomic E-state index is -0.377. The summed E-state index contributed by atoms with van der Waals surface area (Å²) in [5.41, 5.74) is 2.30. The Balaban J connectivity index is 1.64. The minimum absolute atomic E-state index is 0.0569. The molecule has 1 amide bonds. The van der Waals surface area contributed by atoms with Crippen molar-refractivity contribution in [2.24, 2.45) is 0 Å². The number of methoxy groups -OCH3 is 1. The van der Waals surface area contributed by atoms with Gasteiger partial charge in [0.25, 0.3) is 0 Å². The van der Waals surface area contributed by atoms with Crippen LogP contribution >= 0.6 is 0 Å². The van der Waals surface area contributed by atoms with Crippen molar-refractivity contribution in [1.82, 2.24) is 5.32 Å². The van der Waals surface area contributed by atoms with Gasteiger partial charge in [0, 0.05) is 6.54 Å². The van der Waals surface area contributed by atoms with Crippen LogP contribution in [0.15, 0.2) is 48.5 Å². The van der Waals surface area contributed by atoms with Gasteiger partial charge in [-0.3, -0.25) is 4.79 Å². The number of amides is 1. The van der Waals surface area contributed by atoms with Gasteiger partial charge < -0.3 is 14.8 Å². The zero-order chi connectivity index (χ0) is 18.1. The Morgan fingerprint density at radius 1 is 1.00 bits per heavy atom. The number of halogens is 1. The van der Waals surface area contributed by atoms with Gasteiger partial charge in [-0.1, -0.05) is 24.3 Å². The second kappa shape index (κ2) is 9.54. The Labute approximate surface area is 145 Å². The van der Waals surface area contributed by atoms with Crippen LogP contribution < -0.4 is 5.32 Å². The van der Waals surface area contributed by atoms with Gasteiger partial charge in [0.15, 0.2) is 0 Å². The van der Waals surface area contributed by atoms with Crippen LogP contribution in [0, 0.1) is 5.82 Å². The molecule has 2 aromatic rings. The summed E-state index contributed by atoms with van der Waals surface area (Å²) in [5, 5.41) is 2.76. The molecule has 0 aliphatic heterocycles. The highest BCUT2D eigenvalue weighted by molar-refractivity contribution is 5.89. The van der Waals surface area contributed by atoms with E-state index in [4.69, 9.17) is 4.74 Å². The predicted molar refractivity (Wildman–Crippen MR) is 90.6 cm³/mol. The molecule has 25 heavy (non-hydrogen) atoms. The topological polar surface area (TPSA) is 64.6 Å². The van der Waals surface area contributed by atoms with Crippen LogP contribution in [-0.2, 0) is 27.3 Å². The van der Waals surface area contributed by atoms with E-state index in [1.165, 1.54) is 19.2 Å². The second-order valence-corrected chi connectivity index (χ2v) is 5.41. The van der Waals surface area contributed by atoms with Gasteiger partial charge in [0.2, 0.25) is 5.91 Å². The number of ether oxygens (including phenoxy) is 2. The number of hydrogen-bond donors (Lipinski definition) is 1. The molecule has 2 aromatic carbocycles. The zero-order valence-corrected chi connectivity index (χ0v) is 14.0. The smallest absolute Gasteiger partial charge is 0.337 e. The summed E-state index contributed by atoms with van der Waals surface area (Å²) >= 11 is 0. The summed E-state index contributed by atoms with van der Waals surface area (Å²) in [5.74, 6) is -0.896. The van der Waals surface area contributed by atoms with Crippen LogP contribution in [-0.4, -0.2) is 32.1 Å². The number of esters is 1. The molecular weight excluding hydrogens is 325 g/mol. The van der Waals surface area contributed by atoms with E-state index in [-0.39, 0.29) is 30.9 Å². The average Bonchev–Trinajstić information content (AvgIpc) is 2.63. The molecular formula is C19H20FNO4. The largest absolute Gasteiger partial charge is 0.465 e. The molecule has 0 aliphatic rings. The summed E-state index contributed by atoms with van der Waals surface area (Å²) in [4.78, 5) is 23.0. The van der Waals surface area contributed by atoms with Gasteiger partial charge in [0.05, 0.1) is 19.3 Å². The molecule has 0 fully saturated rings. The molecule has 0 atom stereocenters. The standard InChI is InChI=1S/C19H20FNO4/c1-24-19(23)16-6-2-14(3-7-16)10-11-21-18(22)13-25-12-15-4-8-17(20)9-5-15/h2-9H,10-13H2,1H3,(H,21,22). The van der Waals surface area contributed by atoms with Crippen molar-refractivity contribution in [3.63, 3.8) is 0 Å². The summed E-state index contributed by atoms with van der Waals surface area (Å²) in [6.07, 6.45) is 0.644. The lowest BCUT2D eigenvalue weighted by Gasteiger charge is -2.07. The molecule has 5 nitrogen and oxygen atoms in total. The summed E-state index contributed by atoms with van der Waals surface area (Å²) in [7, 11) is 1.34. The summed E-state index contributed by atoms with van der Waals surface area (Å²) in [6.45, 7) is 0.664. The number of hydrogen-bond acceptors (Lipinski definition) is 4. The van der Waals surface area contributed by atoms with Gasteiger partial charge >= 0.3 is 5.97 Å². The fourth-order valence-electron chi connectivity index (χ4n) is 2.16. The lowest BCUT2D eigenvalue weighted by atomic mass is 10.1. The average molecular weight is 345 g/mol. The zero-order valence-electron chi connectivity index (χ0n) is 14.0. The molecule has 0 saturated carbocycles. The molecule has 132 valence electrons. The highest BCUT2D eigenvalue weighted by Gasteiger charge is 2.05. The maximum Gasteiger partial charge on any atom is 0.337 e. The van der Waals surface area contributed by atoms with Gasteiger partial charge in [-0.05, 0) is 41.8 Å². The molecule has 0 aromatic heterocycles. The maximum absolute atomic E-state index is 12.8. The van der Waals surface area contributed by atoms with Crippen molar-refractivity contribution in [2.75, 3.05) is 20.3 Å². The highest BCUT2D eigenvalue weighted by Crippen LogP contribution is 2.06. The van der Waals surface area contributed by atoms with Crippen molar-refractivity contribution in [3.05, 3.63) is 71.0 Å². The van der Waals surface area contributed by atoms with Crippen molar-refractivity contribution >= 4 is 11.9 Å². The first kappa shape index (κ1) is 18.6. The lowest BCUT2D eigenvalue weighted by Crippen LogP contribution is -2.29. The number of nitrogens with one attached hydrogen (secondary N) is 1. The third kappa shape index (κ3) is 6.35. The number of carbonyl (C=O) groups excluding carboxylic acids is 2. The van der Waals surface area contributed by atoms with E-state index >= 15 is 0 Å². The van der Waals surface area contributed by atoms with E-state index in [2.05, 4.69) is 10.1 Å². The van der Waals surface area contributed by atoms with Crippen molar-refractivity contribution in [3.8, 4) is 0 Å². The van der Waals surface area contributed by atoms with E-state index in [0.29, 0.717) is 18.5 Å². The van der Waals surface area contributed by atoms with Crippen molar-refractivity contribution in [2.45, 2.75) is 13.0 Å². The van der Waals surface area contributed by atoms with Crippen LogP contribution in [0.4, 0.5) is 4.39 Å². The van der Waals surface area contributed by atoms with Crippen LogP contribution in [0.25, 0.3) is 0 Å². The van der Waals surface area contributed by atoms with Gasteiger partial charge in [-0.15, -0.1) is 0 Å². The maximum atomic E-state index is 12.8. The van der Waals surface area contributed by atoms with Gasteiger partial charge in [-0.25, -0.2) is 9.18 Å². The predicted octanol–water partition coefficient (Wildman–Crippen LogP) is 2.49. The Morgan fingerprint density at radius 2 is 1.64 bits per heavy atom. The number of carbonyl (C=O) groups is 2.